The zero-order valence-corrected chi connectivity index (χ0v) is 12.8. The maximum Gasteiger partial charge on any atom is 0.416 e. The number of halogens is 3. The monoisotopic (exact) mass is 328 g/mol. The van der Waals surface area contributed by atoms with Crippen LogP contribution in [0.25, 0.3) is 11.4 Å². The predicted octanol–water partition coefficient (Wildman–Crippen LogP) is 4.95. The van der Waals surface area contributed by atoms with E-state index in [0.717, 1.165) is 17.2 Å². The number of benzene rings is 2. The Morgan fingerprint density at radius 3 is 2.04 bits per heavy atom. The van der Waals surface area contributed by atoms with E-state index in [0.29, 0.717) is 24.2 Å². The van der Waals surface area contributed by atoms with E-state index in [4.69, 9.17) is 0 Å². The molecule has 1 heterocycles. The molecule has 5 heteroatoms. The van der Waals surface area contributed by atoms with Crippen LogP contribution in [0.15, 0.2) is 67.0 Å². The Hall–Kier alpha value is -2.69. The summed E-state index contributed by atoms with van der Waals surface area (Å²) in [4.78, 5) is 8.42. The van der Waals surface area contributed by atoms with Gasteiger partial charge in [-0.1, -0.05) is 36.4 Å². The molecule has 3 rings (SSSR count). The van der Waals surface area contributed by atoms with Gasteiger partial charge in [0.15, 0.2) is 5.82 Å². The highest BCUT2D eigenvalue weighted by Gasteiger charge is 2.30. The van der Waals surface area contributed by atoms with Crippen LogP contribution in [0, 0.1) is 0 Å². The Kier molecular flexibility index (Phi) is 4.60. The number of hydrogen-bond acceptors (Lipinski definition) is 2. The summed E-state index contributed by atoms with van der Waals surface area (Å²) in [5.74, 6) is 0.637. The molecule has 0 fully saturated rings. The number of rotatable bonds is 4. The smallest absolute Gasteiger partial charge is 0.237 e. The average Bonchev–Trinajstić information content (AvgIpc) is 2.61. The number of aryl methyl sites for hydroxylation is 2. The molecule has 0 amide bonds. The van der Waals surface area contributed by atoms with Crippen molar-refractivity contribution in [2.75, 3.05) is 0 Å². The van der Waals surface area contributed by atoms with Gasteiger partial charge in [0.05, 0.1) is 5.56 Å². The fraction of sp³-hybridized carbons (Fsp3) is 0.158. The van der Waals surface area contributed by atoms with E-state index in [1.807, 2.05) is 24.3 Å². The average molecular weight is 328 g/mol. The summed E-state index contributed by atoms with van der Waals surface area (Å²) in [5, 5.41) is 0. The minimum absolute atomic E-state index is 0.545. The van der Waals surface area contributed by atoms with Crippen molar-refractivity contribution in [1.82, 2.24) is 9.97 Å². The van der Waals surface area contributed by atoms with Gasteiger partial charge in [-0.05, 0) is 42.2 Å². The van der Waals surface area contributed by atoms with Crippen molar-refractivity contribution in [2.45, 2.75) is 19.0 Å². The molecule has 0 saturated heterocycles. The van der Waals surface area contributed by atoms with Crippen molar-refractivity contribution in [3.63, 3.8) is 0 Å². The zero-order valence-electron chi connectivity index (χ0n) is 12.8. The van der Waals surface area contributed by atoms with Gasteiger partial charge in [0.25, 0.3) is 0 Å². The second kappa shape index (κ2) is 6.83. The van der Waals surface area contributed by atoms with Crippen molar-refractivity contribution in [3.8, 4) is 11.4 Å². The van der Waals surface area contributed by atoms with Crippen LogP contribution in [-0.4, -0.2) is 9.97 Å². The molecule has 3 aromatic rings. The number of hydrogen-bond donors (Lipinski definition) is 0. The van der Waals surface area contributed by atoms with Crippen LogP contribution in [-0.2, 0) is 19.0 Å². The lowest BCUT2D eigenvalue weighted by Crippen LogP contribution is -2.05. The first kappa shape index (κ1) is 16.2. The molecule has 0 radical (unpaired) electrons. The lowest BCUT2D eigenvalue weighted by atomic mass is 10.0. The van der Waals surface area contributed by atoms with Crippen LogP contribution < -0.4 is 0 Å². The molecule has 0 spiro atoms. The Bertz CT molecular complexity index is 814. The number of nitrogens with zero attached hydrogens (tertiary/aromatic N) is 2. The summed E-state index contributed by atoms with van der Waals surface area (Å²) in [6, 6.07) is 15.0. The molecule has 2 aromatic carbocycles. The lowest BCUT2D eigenvalue weighted by molar-refractivity contribution is -0.137. The zero-order chi connectivity index (χ0) is 17.0. The molecule has 0 aliphatic rings. The van der Waals surface area contributed by atoms with E-state index in [1.54, 1.807) is 24.5 Å². The molecule has 0 aliphatic carbocycles. The van der Waals surface area contributed by atoms with Crippen LogP contribution in [0.5, 0.6) is 0 Å². The van der Waals surface area contributed by atoms with Crippen molar-refractivity contribution in [1.29, 1.82) is 0 Å². The molecule has 0 saturated carbocycles. The molecular formula is C19H15F3N2. The van der Waals surface area contributed by atoms with Crippen LogP contribution in [0.2, 0.25) is 0 Å². The molecule has 0 N–H and O–H groups in total. The first-order valence-corrected chi connectivity index (χ1v) is 7.55. The Balaban J connectivity index is 1.74. The van der Waals surface area contributed by atoms with E-state index in [2.05, 4.69) is 9.97 Å². The quantitative estimate of drug-likeness (QED) is 0.677. The third-order valence-corrected chi connectivity index (χ3v) is 3.71. The van der Waals surface area contributed by atoms with E-state index in [9.17, 15) is 13.2 Å². The molecule has 1 aromatic heterocycles. The molecular weight excluding hydrogens is 313 g/mol. The second-order valence-corrected chi connectivity index (χ2v) is 5.47. The fourth-order valence-corrected chi connectivity index (χ4v) is 2.51. The standard InChI is InChI=1S/C19H15F3N2/c20-19(21,22)17-7-2-5-15(13-17)9-8-14-4-1-6-16(12-14)18-23-10-3-11-24-18/h1-7,10-13H,8-9H2. The molecule has 24 heavy (non-hydrogen) atoms. The van der Waals surface area contributed by atoms with Gasteiger partial charge < -0.3 is 0 Å². The molecule has 0 bridgehead atoms. The van der Waals surface area contributed by atoms with E-state index in [1.165, 1.54) is 12.1 Å². The van der Waals surface area contributed by atoms with E-state index >= 15 is 0 Å². The lowest BCUT2D eigenvalue weighted by Gasteiger charge is -2.09. The molecule has 0 aliphatic heterocycles. The SMILES string of the molecule is FC(F)(F)c1cccc(CCc2cccc(-c3ncccn3)c2)c1. The van der Waals surface area contributed by atoms with Crippen molar-refractivity contribution < 1.29 is 13.2 Å². The summed E-state index contributed by atoms with van der Waals surface area (Å²) < 4.78 is 38.3. The fourth-order valence-electron chi connectivity index (χ4n) is 2.51. The Morgan fingerprint density at radius 1 is 0.750 bits per heavy atom. The molecule has 0 unspecified atom stereocenters. The second-order valence-electron chi connectivity index (χ2n) is 5.47. The predicted molar refractivity (Wildman–Crippen MR) is 86.3 cm³/mol. The van der Waals surface area contributed by atoms with E-state index in [-0.39, 0.29) is 0 Å². The Morgan fingerprint density at radius 2 is 1.38 bits per heavy atom. The minimum Gasteiger partial charge on any atom is -0.237 e. The van der Waals surface area contributed by atoms with Gasteiger partial charge in [-0.15, -0.1) is 0 Å². The maximum atomic E-state index is 12.8. The van der Waals surface area contributed by atoms with Gasteiger partial charge in [0.1, 0.15) is 0 Å². The van der Waals surface area contributed by atoms with Crippen LogP contribution in [0.4, 0.5) is 13.2 Å². The first-order valence-electron chi connectivity index (χ1n) is 7.55. The maximum absolute atomic E-state index is 12.8. The molecule has 0 atom stereocenters. The summed E-state index contributed by atoms with van der Waals surface area (Å²) in [5.41, 5.74) is 2.01. The van der Waals surface area contributed by atoms with Crippen molar-refractivity contribution in [3.05, 3.63) is 83.7 Å². The highest BCUT2D eigenvalue weighted by molar-refractivity contribution is 5.55. The normalized spacial score (nSPS) is 11.5. The van der Waals surface area contributed by atoms with Gasteiger partial charge in [0.2, 0.25) is 0 Å². The largest absolute Gasteiger partial charge is 0.416 e. The summed E-state index contributed by atoms with van der Waals surface area (Å²) in [6.45, 7) is 0. The first-order chi connectivity index (χ1) is 11.5. The Labute approximate surface area is 138 Å². The highest BCUT2D eigenvalue weighted by Crippen LogP contribution is 2.29. The number of aromatic nitrogens is 2. The minimum atomic E-state index is -4.30. The van der Waals surface area contributed by atoms with E-state index < -0.39 is 11.7 Å². The van der Waals surface area contributed by atoms with Crippen LogP contribution in [0.3, 0.4) is 0 Å². The third-order valence-electron chi connectivity index (χ3n) is 3.71. The van der Waals surface area contributed by atoms with Gasteiger partial charge >= 0.3 is 6.18 Å². The summed E-state index contributed by atoms with van der Waals surface area (Å²) >= 11 is 0. The summed E-state index contributed by atoms with van der Waals surface area (Å²) in [7, 11) is 0. The van der Waals surface area contributed by atoms with Crippen molar-refractivity contribution in [2.24, 2.45) is 0 Å². The third kappa shape index (κ3) is 3.98. The van der Waals surface area contributed by atoms with Gasteiger partial charge in [-0.2, -0.15) is 13.2 Å². The highest BCUT2D eigenvalue weighted by atomic mass is 19.4. The summed E-state index contributed by atoms with van der Waals surface area (Å²) in [6.07, 6.45) is 0.251. The van der Waals surface area contributed by atoms with Crippen LogP contribution in [0.1, 0.15) is 16.7 Å². The van der Waals surface area contributed by atoms with Gasteiger partial charge in [-0.25, -0.2) is 9.97 Å². The topological polar surface area (TPSA) is 25.8 Å². The van der Waals surface area contributed by atoms with Gasteiger partial charge in [-0.3, -0.25) is 0 Å². The number of alkyl halides is 3. The molecule has 2 nitrogen and oxygen atoms in total. The van der Waals surface area contributed by atoms with Gasteiger partial charge in [0, 0.05) is 18.0 Å². The van der Waals surface area contributed by atoms with Crippen LogP contribution >= 0.6 is 0 Å². The molecule has 122 valence electrons. The van der Waals surface area contributed by atoms with Crippen molar-refractivity contribution >= 4 is 0 Å².